The summed E-state index contributed by atoms with van der Waals surface area (Å²) in [6.07, 6.45) is 2.03. The van der Waals surface area contributed by atoms with Crippen molar-refractivity contribution in [1.82, 2.24) is 9.47 Å². The van der Waals surface area contributed by atoms with Crippen LogP contribution in [-0.4, -0.2) is 59.7 Å². The van der Waals surface area contributed by atoms with Crippen LogP contribution in [0.4, 0.5) is 0 Å². The average Bonchev–Trinajstić information content (AvgIpc) is 3.09. The Hall–Kier alpha value is -1.85. The molecule has 1 saturated heterocycles. The Morgan fingerprint density at radius 3 is 2.87 bits per heavy atom. The van der Waals surface area contributed by atoms with Crippen LogP contribution < -0.4 is 0 Å². The zero-order valence-corrected chi connectivity index (χ0v) is 13.6. The first-order valence-corrected chi connectivity index (χ1v) is 8.38. The lowest BCUT2D eigenvalue weighted by Crippen LogP contribution is -2.37. The Morgan fingerprint density at radius 1 is 1.22 bits per heavy atom. The second-order valence-electron chi connectivity index (χ2n) is 6.37. The summed E-state index contributed by atoms with van der Waals surface area (Å²) in [6.45, 7) is 5.57. The van der Waals surface area contributed by atoms with Gasteiger partial charge in [0.25, 0.3) is 0 Å². The van der Waals surface area contributed by atoms with Crippen LogP contribution in [0.15, 0.2) is 23.2 Å². The van der Waals surface area contributed by atoms with Crippen molar-refractivity contribution in [2.75, 3.05) is 39.4 Å². The monoisotopic (exact) mass is 313 g/mol. The van der Waals surface area contributed by atoms with E-state index in [1.807, 2.05) is 12.1 Å². The van der Waals surface area contributed by atoms with E-state index in [0.717, 1.165) is 52.2 Å². The highest BCUT2D eigenvalue weighted by molar-refractivity contribution is 6.09. The third-order valence-corrected chi connectivity index (χ3v) is 5.00. The van der Waals surface area contributed by atoms with Gasteiger partial charge in [0.1, 0.15) is 5.75 Å². The van der Waals surface area contributed by atoms with E-state index >= 15 is 0 Å². The number of phenolic OH excluding ortho intramolecular Hbond substituents is 1. The quantitative estimate of drug-likeness (QED) is 0.942. The lowest BCUT2D eigenvalue weighted by Gasteiger charge is -2.25. The summed E-state index contributed by atoms with van der Waals surface area (Å²) in [5.74, 6) is 0.337. The van der Waals surface area contributed by atoms with Gasteiger partial charge in [-0.3, -0.25) is 9.89 Å². The third-order valence-electron chi connectivity index (χ3n) is 5.00. The van der Waals surface area contributed by atoms with E-state index < -0.39 is 0 Å². The number of morpholine rings is 1. The molecule has 4 rings (SSSR count). The number of aryl methyl sites for hydroxylation is 2. The van der Waals surface area contributed by atoms with Crippen molar-refractivity contribution in [3.63, 3.8) is 0 Å². The first-order valence-electron chi connectivity index (χ1n) is 8.38. The van der Waals surface area contributed by atoms with Crippen molar-refractivity contribution in [1.29, 1.82) is 0 Å². The van der Waals surface area contributed by atoms with E-state index in [0.29, 0.717) is 5.75 Å². The van der Waals surface area contributed by atoms with Crippen LogP contribution in [-0.2, 0) is 18.2 Å². The van der Waals surface area contributed by atoms with Gasteiger partial charge in [0.2, 0.25) is 0 Å². The van der Waals surface area contributed by atoms with Gasteiger partial charge in [-0.05, 0) is 36.6 Å². The Labute approximate surface area is 136 Å². The Morgan fingerprint density at radius 2 is 2.04 bits per heavy atom. The van der Waals surface area contributed by atoms with Gasteiger partial charge in [0, 0.05) is 37.6 Å². The van der Waals surface area contributed by atoms with E-state index in [4.69, 9.17) is 9.73 Å². The van der Waals surface area contributed by atoms with Gasteiger partial charge in [-0.25, -0.2) is 0 Å². The van der Waals surface area contributed by atoms with Gasteiger partial charge in [-0.2, -0.15) is 0 Å². The zero-order valence-electron chi connectivity index (χ0n) is 13.6. The molecule has 2 heterocycles. The Balaban J connectivity index is 1.57. The second kappa shape index (κ2) is 5.98. The van der Waals surface area contributed by atoms with E-state index in [-0.39, 0.29) is 0 Å². The molecule has 5 heteroatoms. The number of hydrogen-bond donors (Lipinski definition) is 1. The molecule has 2 aliphatic rings. The molecule has 0 unspecified atom stereocenters. The second-order valence-corrected chi connectivity index (χ2v) is 6.37. The molecule has 5 nitrogen and oxygen atoms in total. The van der Waals surface area contributed by atoms with Crippen molar-refractivity contribution < 1.29 is 9.84 Å². The van der Waals surface area contributed by atoms with E-state index in [2.05, 4.69) is 16.5 Å². The largest absolute Gasteiger partial charge is 0.508 e. The maximum Gasteiger partial charge on any atom is 0.116 e. The predicted octanol–water partition coefficient (Wildman–Crippen LogP) is 1.95. The molecule has 0 spiro atoms. The molecule has 1 aliphatic heterocycles. The van der Waals surface area contributed by atoms with Crippen LogP contribution in [0.25, 0.3) is 10.9 Å². The normalized spacial score (nSPS) is 20.5. The lowest BCUT2D eigenvalue weighted by molar-refractivity contribution is 0.0394. The lowest BCUT2D eigenvalue weighted by atomic mass is 10.1. The number of nitrogens with zero attached hydrogens (tertiary/aromatic N) is 3. The SMILES string of the molecule is Cn1c2c(c3cc(O)ccc31)CC/C2=N\CCN1CCOCC1. The molecular weight excluding hydrogens is 290 g/mol. The number of aromatic hydroxyl groups is 1. The highest BCUT2D eigenvalue weighted by Gasteiger charge is 2.25. The van der Waals surface area contributed by atoms with Crippen LogP contribution >= 0.6 is 0 Å². The molecule has 0 atom stereocenters. The minimum Gasteiger partial charge on any atom is -0.508 e. The fourth-order valence-electron chi connectivity index (χ4n) is 3.80. The number of aromatic nitrogens is 1. The molecule has 0 amide bonds. The van der Waals surface area contributed by atoms with Gasteiger partial charge < -0.3 is 14.4 Å². The molecule has 1 aromatic carbocycles. The molecule has 0 bridgehead atoms. The Kier molecular flexibility index (Phi) is 3.83. The van der Waals surface area contributed by atoms with Crippen LogP contribution in [0, 0.1) is 0 Å². The van der Waals surface area contributed by atoms with Gasteiger partial charge in [0.15, 0.2) is 0 Å². The number of rotatable bonds is 3. The van der Waals surface area contributed by atoms with Gasteiger partial charge in [-0.15, -0.1) is 0 Å². The van der Waals surface area contributed by atoms with Crippen molar-refractivity contribution in [2.45, 2.75) is 12.8 Å². The summed E-state index contributed by atoms with van der Waals surface area (Å²) >= 11 is 0. The van der Waals surface area contributed by atoms with E-state index in [9.17, 15) is 5.11 Å². The molecule has 1 aliphatic carbocycles. The van der Waals surface area contributed by atoms with Crippen molar-refractivity contribution in [3.05, 3.63) is 29.5 Å². The molecule has 1 fully saturated rings. The third kappa shape index (κ3) is 2.64. The number of ether oxygens (including phenoxy) is 1. The number of aliphatic imine (C=N–C) groups is 1. The summed E-state index contributed by atoms with van der Waals surface area (Å²) in [5.41, 5.74) is 4.98. The smallest absolute Gasteiger partial charge is 0.116 e. The van der Waals surface area contributed by atoms with Gasteiger partial charge in [-0.1, -0.05) is 0 Å². The highest BCUT2D eigenvalue weighted by atomic mass is 16.5. The minimum absolute atomic E-state index is 0.337. The first-order chi connectivity index (χ1) is 11.2. The number of phenols is 1. The summed E-state index contributed by atoms with van der Waals surface area (Å²) in [4.78, 5) is 7.31. The molecule has 0 radical (unpaired) electrons. The topological polar surface area (TPSA) is 50.0 Å². The van der Waals surface area contributed by atoms with E-state index in [1.165, 1.54) is 27.9 Å². The molecule has 1 N–H and O–H groups in total. The number of fused-ring (bicyclic) bond motifs is 3. The molecule has 1 aromatic heterocycles. The Bertz CT molecular complexity index is 757. The fraction of sp³-hybridized carbons (Fsp3) is 0.500. The summed E-state index contributed by atoms with van der Waals surface area (Å²) in [6, 6.07) is 5.63. The average molecular weight is 313 g/mol. The number of benzene rings is 1. The van der Waals surface area contributed by atoms with Crippen LogP contribution in [0.5, 0.6) is 5.75 Å². The maximum absolute atomic E-state index is 9.77. The molecule has 0 saturated carbocycles. The van der Waals surface area contributed by atoms with Gasteiger partial charge >= 0.3 is 0 Å². The molecule has 2 aromatic rings. The van der Waals surface area contributed by atoms with Crippen molar-refractivity contribution in [2.24, 2.45) is 12.0 Å². The molecule has 23 heavy (non-hydrogen) atoms. The van der Waals surface area contributed by atoms with E-state index in [1.54, 1.807) is 6.07 Å². The predicted molar refractivity (Wildman–Crippen MR) is 91.6 cm³/mol. The highest BCUT2D eigenvalue weighted by Crippen LogP contribution is 2.34. The standard InChI is InChI=1S/C18H23N3O2/c1-20-17-5-2-13(22)12-15(17)14-3-4-16(18(14)20)19-6-7-21-8-10-23-11-9-21/h2,5,12,22H,3-4,6-11H2,1H3/b19-16+. The molecule has 122 valence electrons. The van der Waals surface area contributed by atoms with Gasteiger partial charge in [0.05, 0.1) is 31.2 Å². The minimum atomic E-state index is 0.337. The maximum atomic E-state index is 9.77. The van der Waals surface area contributed by atoms with Crippen molar-refractivity contribution in [3.8, 4) is 5.75 Å². The van der Waals surface area contributed by atoms with Crippen LogP contribution in [0.2, 0.25) is 0 Å². The van der Waals surface area contributed by atoms with Crippen LogP contribution in [0.3, 0.4) is 0 Å². The number of hydrogen-bond acceptors (Lipinski definition) is 4. The summed E-state index contributed by atoms with van der Waals surface area (Å²) in [5, 5.41) is 10.9. The zero-order chi connectivity index (χ0) is 15.8. The summed E-state index contributed by atoms with van der Waals surface area (Å²) in [7, 11) is 2.10. The molecular formula is C18H23N3O2. The fourth-order valence-corrected chi connectivity index (χ4v) is 3.80. The van der Waals surface area contributed by atoms with Crippen LogP contribution in [0.1, 0.15) is 17.7 Å². The van der Waals surface area contributed by atoms with Crippen molar-refractivity contribution >= 4 is 16.6 Å². The summed E-state index contributed by atoms with van der Waals surface area (Å²) < 4.78 is 7.61. The first kappa shape index (κ1) is 14.7.